The van der Waals surface area contributed by atoms with Gasteiger partial charge in [-0.05, 0) is 36.2 Å². The molecule has 0 saturated heterocycles. The summed E-state index contributed by atoms with van der Waals surface area (Å²) in [5.41, 5.74) is 2.17. The van der Waals surface area contributed by atoms with Gasteiger partial charge in [0.25, 0.3) is 0 Å². The summed E-state index contributed by atoms with van der Waals surface area (Å²) in [4.78, 5) is 2.36. The van der Waals surface area contributed by atoms with E-state index in [2.05, 4.69) is 17.9 Å². The van der Waals surface area contributed by atoms with Crippen molar-refractivity contribution in [1.82, 2.24) is 4.90 Å². The maximum atomic E-state index is 13.6. The Labute approximate surface area is 102 Å². The predicted octanol–water partition coefficient (Wildman–Crippen LogP) is 2.94. The molecular weight excluding hydrogens is 217 g/mol. The van der Waals surface area contributed by atoms with Gasteiger partial charge >= 0.3 is 0 Å². The van der Waals surface area contributed by atoms with E-state index in [1.165, 1.54) is 12.7 Å². The molecule has 1 aliphatic heterocycles. The molecule has 0 aromatic heterocycles. The van der Waals surface area contributed by atoms with Crippen molar-refractivity contribution in [2.45, 2.75) is 13.3 Å². The molecule has 0 spiro atoms. The fourth-order valence-corrected chi connectivity index (χ4v) is 2.15. The van der Waals surface area contributed by atoms with Crippen molar-refractivity contribution in [3.05, 3.63) is 35.7 Å². The quantitative estimate of drug-likeness (QED) is 0.798. The van der Waals surface area contributed by atoms with Gasteiger partial charge in [0.15, 0.2) is 11.6 Å². The monoisotopic (exact) mass is 235 g/mol. The van der Waals surface area contributed by atoms with Crippen LogP contribution in [0.15, 0.2) is 24.3 Å². The molecule has 0 bridgehead atoms. The molecule has 0 radical (unpaired) electrons. The SMILES string of the molecule is CCN1CCC=C(c2ccc(OC)c(F)c2)C1. The second-order valence-corrected chi connectivity index (χ2v) is 4.24. The lowest BCUT2D eigenvalue weighted by Crippen LogP contribution is -2.29. The van der Waals surface area contributed by atoms with E-state index < -0.39 is 0 Å². The Morgan fingerprint density at radius 1 is 1.41 bits per heavy atom. The van der Waals surface area contributed by atoms with Crippen LogP contribution in [-0.2, 0) is 0 Å². The van der Waals surface area contributed by atoms with Gasteiger partial charge in [-0.25, -0.2) is 4.39 Å². The molecule has 0 amide bonds. The first-order chi connectivity index (χ1) is 8.24. The number of methoxy groups -OCH3 is 1. The highest BCUT2D eigenvalue weighted by Gasteiger charge is 2.13. The first-order valence-electron chi connectivity index (χ1n) is 6.00. The van der Waals surface area contributed by atoms with Crippen LogP contribution in [-0.4, -0.2) is 31.6 Å². The lowest BCUT2D eigenvalue weighted by atomic mass is 10.0. The summed E-state index contributed by atoms with van der Waals surface area (Å²) in [7, 11) is 1.48. The van der Waals surface area contributed by atoms with Gasteiger partial charge in [0.2, 0.25) is 0 Å². The van der Waals surface area contributed by atoms with Crippen LogP contribution in [0.1, 0.15) is 18.9 Å². The van der Waals surface area contributed by atoms with Gasteiger partial charge in [-0.1, -0.05) is 19.1 Å². The predicted molar refractivity (Wildman–Crippen MR) is 67.7 cm³/mol. The molecule has 0 fully saturated rings. The van der Waals surface area contributed by atoms with E-state index in [-0.39, 0.29) is 5.82 Å². The van der Waals surface area contributed by atoms with Crippen LogP contribution in [0.3, 0.4) is 0 Å². The lowest BCUT2D eigenvalue weighted by molar-refractivity contribution is 0.321. The van der Waals surface area contributed by atoms with Gasteiger partial charge in [0.1, 0.15) is 0 Å². The molecule has 2 nitrogen and oxygen atoms in total. The smallest absolute Gasteiger partial charge is 0.165 e. The molecule has 0 N–H and O–H groups in total. The Balaban J connectivity index is 2.22. The molecule has 0 aliphatic carbocycles. The van der Waals surface area contributed by atoms with E-state index in [1.807, 2.05) is 6.07 Å². The van der Waals surface area contributed by atoms with Gasteiger partial charge in [0.05, 0.1) is 7.11 Å². The minimum absolute atomic E-state index is 0.292. The summed E-state index contributed by atoms with van der Waals surface area (Å²) >= 11 is 0. The van der Waals surface area contributed by atoms with E-state index in [4.69, 9.17) is 4.74 Å². The molecule has 2 rings (SSSR count). The van der Waals surface area contributed by atoms with Crippen LogP contribution in [0.4, 0.5) is 4.39 Å². The number of hydrogen-bond donors (Lipinski definition) is 0. The lowest BCUT2D eigenvalue weighted by Gasteiger charge is -2.26. The molecule has 1 aromatic rings. The second-order valence-electron chi connectivity index (χ2n) is 4.24. The third kappa shape index (κ3) is 2.67. The summed E-state index contributed by atoms with van der Waals surface area (Å²) in [5.74, 6) is 0.0111. The van der Waals surface area contributed by atoms with Crippen molar-refractivity contribution in [3.8, 4) is 5.75 Å². The second kappa shape index (κ2) is 5.32. The van der Waals surface area contributed by atoms with Crippen molar-refractivity contribution >= 4 is 5.57 Å². The zero-order valence-corrected chi connectivity index (χ0v) is 10.4. The number of rotatable bonds is 3. The van der Waals surface area contributed by atoms with Crippen molar-refractivity contribution in [3.63, 3.8) is 0 Å². The number of nitrogens with zero attached hydrogens (tertiary/aromatic N) is 1. The average Bonchev–Trinajstić information content (AvgIpc) is 2.38. The summed E-state index contributed by atoms with van der Waals surface area (Å²) in [6, 6.07) is 5.17. The van der Waals surface area contributed by atoms with Crippen LogP contribution in [0.5, 0.6) is 5.75 Å². The minimum atomic E-state index is -0.292. The van der Waals surface area contributed by atoms with Crippen LogP contribution >= 0.6 is 0 Å². The minimum Gasteiger partial charge on any atom is -0.494 e. The van der Waals surface area contributed by atoms with E-state index in [0.717, 1.165) is 31.6 Å². The normalized spacial score (nSPS) is 16.8. The molecule has 0 atom stereocenters. The highest BCUT2D eigenvalue weighted by molar-refractivity contribution is 5.68. The van der Waals surface area contributed by atoms with E-state index in [1.54, 1.807) is 12.1 Å². The topological polar surface area (TPSA) is 12.5 Å². The Morgan fingerprint density at radius 3 is 2.88 bits per heavy atom. The highest BCUT2D eigenvalue weighted by Crippen LogP contribution is 2.25. The first-order valence-corrected chi connectivity index (χ1v) is 6.00. The molecule has 0 unspecified atom stereocenters. The van der Waals surface area contributed by atoms with Gasteiger partial charge in [-0.15, -0.1) is 0 Å². The fourth-order valence-electron chi connectivity index (χ4n) is 2.15. The summed E-state index contributed by atoms with van der Waals surface area (Å²) in [6.07, 6.45) is 3.24. The zero-order valence-electron chi connectivity index (χ0n) is 10.4. The maximum absolute atomic E-state index is 13.6. The largest absolute Gasteiger partial charge is 0.494 e. The van der Waals surface area contributed by atoms with Crippen LogP contribution in [0, 0.1) is 5.82 Å². The van der Waals surface area contributed by atoms with Gasteiger partial charge in [-0.3, -0.25) is 4.90 Å². The third-order valence-corrected chi connectivity index (χ3v) is 3.20. The first kappa shape index (κ1) is 12.1. The van der Waals surface area contributed by atoms with Crippen LogP contribution in [0.2, 0.25) is 0 Å². The number of hydrogen-bond acceptors (Lipinski definition) is 2. The van der Waals surface area contributed by atoms with E-state index in [0.29, 0.717) is 5.75 Å². The molecule has 1 aliphatic rings. The summed E-state index contributed by atoms with van der Waals surface area (Å²) in [5, 5.41) is 0. The molecule has 3 heteroatoms. The van der Waals surface area contributed by atoms with Crippen molar-refractivity contribution in [2.24, 2.45) is 0 Å². The number of ether oxygens (including phenoxy) is 1. The van der Waals surface area contributed by atoms with Crippen molar-refractivity contribution in [1.29, 1.82) is 0 Å². The van der Waals surface area contributed by atoms with Crippen LogP contribution < -0.4 is 4.74 Å². The average molecular weight is 235 g/mol. The van der Waals surface area contributed by atoms with E-state index in [9.17, 15) is 4.39 Å². The van der Waals surface area contributed by atoms with Gasteiger partial charge in [0, 0.05) is 13.1 Å². The standard InChI is InChI=1S/C14H18FNO/c1-3-16-8-4-5-12(10-16)11-6-7-14(17-2)13(15)9-11/h5-7,9H,3-4,8,10H2,1-2H3. The number of likely N-dealkylation sites (N-methyl/N-ethyl adjacent to an activating group) is 1. The number of benzene rings is 1. The highest BCUT2D eigenvalue weighted by atomic mass is 19.1. The summed E-state index contributed by atoms with van der Waals surface area (Å²) < 4.78 is 18.5. The molecular formula is C14H18FNO. The Hall–Kier alpha value is -1.35. The Bertz CT molecular complexity index is 428. The molecule has 1 heterocycles. The Morgan fingerprint density at radius 2 is 2.24 bits per heavy atom. The third-order valence-electron chi connectivity index (χ3n) is 3.20. The number of halogens is 1. The molecule has 17 heavy (non-hydrogen) atoms. The van der Waals surface area contributed by atoms with Crippen molar-refractivity contribution in [2.75, 3.05) is 26.7 Å². The molecule has 92 valence electrons. The van der Waals surface area contributed by atoms with Crippen molar-refractivity contribution < 1.29 is 9.13 Å². The Kier molecular flexibility index (Phi) is 3.79. The van der Waals surface area contributed by atoms with Gasteiger partial charge in [-0.2, -0.15) is 0 Å². The zero-order chi connectivity index (χ0) is 12.3. The molecule has 0 saturated carbocycles. The maximum Gasteiger partial charge on any atom is 0.165 e. The van der Waals surface area contributed by atoms with E-state index >= 15 is 0 Å². The summed E-state index contributed by atoms with van der Waals surface area (Å²) in [6.45, 7) is 5.19. The van der Waals surface area contributed by atoms with Gasteiger partial charge < -0.3 is 4.74 Å². The van der Waals surface area contributed by atoms with Crippen LogP contribution in [0.25, 0.3) is 5.57 Å². The fraction of sp³-hybridized carbons (Fsp3) is 0.429. The molecule has 1 aromatic carbocycles.